The van der Waals surface area contributed by atoms with E-state index in [2.05, 4.69) is 35.7 Å². The number of hydrogen-bond acceptors (Lipinski definition) is 6. The monoisotopic (exact) mass is 428 g/mol. The van der Waals surface area contributed by atoms with Crippen LogP contribution >= 0.6 is 15.9 Å². The molecule has 7 nitrogen and oxygen atoms in total. The number of carbonyl (C=O) groups is 1. The van der Waals surface area contributed by atoms with Crippen molar-refractivity contribution >= 4 is 32.8 Å². The molecule has 0 spiro atoms. The Morgan fingerprint density at radius 2 is 1.88 bits per heavy atom. The van der Waals surface area contributed by atoms with Gasteiger partial charge in [-0.3, -0.25) is 4.79 Å². The standard InChI is InChI=1S/C15H8BrF3N4O3/c1-26-13(25)11-12(24)10-8(16)3-2-4-9(10)23(22-11)14-20-5-7(6-21-14)15(17,18)19/h2-6H,1H3. The van der Waals surface area contributed by atoms with E-state index in [9.17, 15) is 22.8 Å². The van der Waals surface area contributed by atoms with Gasteiger partial charge in [-0.25, -0.2) is 14.8 Å². The van der Waals surface area contributed by atoms with E-state index in [1.807, 2.05) is 0 Å². The van der Waals surface area contributed by atoms with Gasteiger partial charge in [-0.05, 0) is 28.1 Å². The molecule has 134 valence electrons. The Morgan fingerprint density at radius 3 is 2.46 bits per heavy atom. The first-order chi connectivity index (χ1) is 12.2. The van der Waals surface area contributed by atoms with Crippen LogP contribution in [0.1, 0.15) is 16.1 Å². The highest BCUT2D eigenvalue weighted by atomic mass is 79.9. The van der Waals surface area contributed by atoms with Crippen LogP contribution in [0.2, 0.25) is 0 Å². The number of nitrogens with zero attached hydrogens (tertiary/aromatic N) is 4. The molecule has 0 aliphatic rings. The third-order valence-corrected chi connectivity index (χ3v) is 4.06. The number of hydrogen-bond donors (Lipinski definition) is 0. The van der Waals surface area contributed by atoms with Crippen LogP contribution in [0.25, 0.3) is 16.9 Å². The first-order valence-electron chi connectivity index (χ1n) is 6.93. The van der Waals surface area contributed by atoms with Gasteiger partial charge in [0.1, 0.15) is 0 Å². The van der Waals surface area contributed by atoms with Crippen molar-refractivity contribution in [2.45, 2.75) is 6.18 Å². The van der Waals surface area contributed by atoms with E-state index in [0.29, 0.717) is 16.9 Å². The zero-order chi connectivity index (χ0) is 19.1. The lowest BCUT2D eigenvalue weighted by Crippen LogP contribution is -2.24. The van der Waals surface area contributed by atoms with Gasteiger partial charge in [0, 0.05) is 16.9 Å². The summed E-state index contributed by atoms with van der Waals surface area (Å²) in [6, 6.07) is 4.66. The summed E-state index contributed by atoms with van der Waals surface area (Å²) in [4.78, 5) is 31.7. The lowest BCUT2D eigenvalue weighted by Gasteiger charge is -2.11. The number of esters is 1. The lowest BCUT2D eigenvalue weighted by atomic mass is 10.2. The number of ether oxygens (including phenoxy) is 1. The number of halogens is 4. The van der Waals surface area contributed by atoms with Crippen LogP contribution in [0.15, 0.2) is 39.9 Å². The Bertz CT molecular complexity index is 1060. The predicted octanol–water partition coefficient (Wildman–Crippen LogP) is 2.74. The maximum absolute atomic E-state index is 12.7. The zero-order valence-electron chi connectivity index (χ0n) is 12.9. The minimum Gasteiger partial charge on any atom is -0.464 e. The van der Waals surface area contributed by atoms with Crippen molar-refractivity contribution in [3.05, 3.63) is 56.5 Å². The van der Waals surface area contributed by atoms with Gasteiger partial charge in [0.15, 0.2) is 0 Å². The maximum atomic E-state index is 12.7. The second kappa shape index (κ2) is 6.48. The van der Waals surface area contributed by atoms with Gasteiger partial charge in [0.25, 0.3) is 5.95 Å². The number of aromatic nitrogens is 4. The topological polar surface area (TPSA) is 87.0 Å². The number of rotatable bonds is 2. The van der Waals surface area contributed by atoms with E-state index >= 15 is 0 Å². The summed E-state index contributed by atoms with van der Waals surface area (Å²) in [5.41, 5.74) is -2.07. The smallest absolute Gasteiger partial charge is 0.419 e. The van der Waals surface area contributed by atoms with E-state index in [1.54, 1.807) is 12.1 Å². The van der Waals surface area contributed by atoms with Gasteiger partial charge in [-0.1, -0.05) is 6.07 Å². The van der Waals surface area contributed by atoms with E-state index in [-0.39, 0.29) is 16.9 Å². The summed E-state index contributed by atoms with van der Waals surface area (Å²) in [5, 5.41) is 3.97. The van der Waals surface area contributed by atoms with Crippen molar-refractivity contribution in [3.8, 4) is 5.95 Å². The van der Waals surface area contributed by atoms with E-state index in [0.717, 1.165) is 11.8 Å². The fraction of sp³-hybridized carbons (Fsp3) is 0.133. The SMILES string of the molecule is COC(=O)c1nn(-c2ncc(C(F)(F)F)cn2)c2cccc(Br)c2c1=O. The van der Waals surface area contributed by atoms with Gasteiger partial charge in [-0.15, -0.1) is 0 Å². The van der Waals surface area contributed by atoms with Crippen LogP contribution in [-0.4, -0.2) is 32.8 Å². The molecule has 0 unspecified atom stereocenters. The third-order valence-electron chi connectivity index (χ3n) is 3.40. The summed E-state index contributed by atoms with van der Waals surface area (Å²) >= 11 is 3.21. The maximum Gasteiger partial charge on any atom is 0.419 e. The van der Waals surface area contributed by atoms with Crippen molar-refractivity contribution in [2.75, 3.05) is 7.11 Å². The fourth-order valence-corrected chi connectivity index (χ4v) is 2.73. The van der Waals surface area contributed by atoms with Crippen molar-refractivity contribution < 1.29 is 22.7 Å². The second-order valence-electron chi connectivity index (χ2n) is 4.98. The number of alkyl halides is 3. The zero-order valence-corrected chi connectivity index (χ0v) is 14.5. The highest BCUT2D eigenvalue weighted by molar-refractivity contribution is 9.10. The molecule has 0 amide bonds. The fourth-order valence-electron chi connectivity index (χ4n) is 2.19. The molecule has 2 heterocycles. The van der Waals surface area contributed by atoms with Gasteiger partial charge >= 0.3 is 12.1 Å². The minimum absolute atomic E-state index is 0.0893. The Kier molecular flexibility index (Phi) is 4.48. The van der Waals surface area contributed by atoms with Crippen molar-refractivity contribution in [1.82, 2.24) is 19.7 Å². The van der Waals surface area contributed by atoms with E-state index in [1.165, 1.54) is 6.07 Å². The average molecular weight is 429 g/mol. The summed E-state index contributed by atoms with van der Waals surface area (Å²) in [6.45, 7) is 0. The third kappa shape index (κ3) is 3.05. The highest BCUT2D eigenvalue weighted by Crippen LogP contribution is 2.28. The Labute approximate surface area is 151 Å². The molecule has 0 saturated carbocycles. The van der Waals surface area contributed by atoms with Gasteiger partial charge in [-0.2, -0.15) is 23.0 Å². The molecule has 0 N–H and O–H groups in total. The van der Waals surface area contributed by atoms with Crippen LogP contribution < -0.4 is 5.43 Å². The predicted molar refractivity (Wildman–Crippen MR) is 87.0 cm³/mol. The van der Waals surface area contributed by atoms with Crippen molar-refractivity contribution in [3.63, 3.8) is 0 Å². The lowest BCUT2D eigenvalue weighted by molar-refractivity contribution is -0.138. The molecule has 0 fully saturated rings. The number of fused-ring (bicyclic) bond motifs is 1. The molecule has 11 heteroatoms. The molecule has 26 heavy (non-hydrogen) atoms. The van der Waals surface area contributed by atoms with Gasteiger partial charge in [0.05, 0.1) is 23.6 Å². The van der Waals surface area contributed by atoms with Crippen molar-refractivity contribution in [2.24, 2.45) is 0 Å². The largest absolute Gasteiger partial charge is 0.464 e. The van der Waals surface area contributed by atoms with Crippen LogP contribution in [0.3, 0.4) is 0 Å². The molecule has 0 radical (unpaired) electrons. The average Bonchev–Trinajstić information content (AvgIpc) is 2.61. The molecule has 3 rings (SSSR count). The number of benzene rings is 1. The molecule has 0 bridgehead atoms. The summed E-state index contributed by atoms with van der Waals surface area (Å²) in [5.74, 6) is -1.24. The van der Waals surface area contributed by atoms with E-state index in [4.69, 9.17) is 0 Å². The van der Waals surface area contributed by atoms with Gasteiger partial charge < -0.3 is 4.74 Å². The first-order valence-corrected chi connectivity index (χ1v) is 7.73. The molecule has 0 atom stereocenters. The molecule has 0 aliphatic heterocycles. The molecular formula is C15H8BrF3N4O3. The first kappa shape index (κ1) is 18.0. The van der Waals surface area contributed by atoms with Crippen LogP contribution in [0.5, 0.6) is 0 Å². The summed E-state index contributed by atoms with van der Waals surface area (Å²) < 4.78 is 44.0. The number of carbonyl (C=O) groups excluding carboxylic acids is 1. The molecule has 0 aliphatic carbocycles. The van der Waals surface area contributed by atoms with Crippen LogP contribution in [0, 0.1) is 0 Å². The van der Waals surface area contributed by atoms with Crippen LogP contribution in [-0.2, 0) is 10.9 Å². The normalized spacial score (nSPS) is 11.6. The Balaban J connectivity index is 2.32. The summed E-state index contributed by atoms with van der Waals surface area (Å²) in [7, 11) is 1.08. The second-order valence-corrected chi connectivity index (χ2v) is 5.84. The molecule has 1 aromatic carbocycles. The highest BCUT2D eigenvalue weighted by Gasteiger charge is 2.31. The number of methoxy groups -OCH3 is 1. The quantitative estimate of drug-likeness (QED) is 0.583. The molecular weight excluding hydrogens is 421 g/mol. The molecule has 0 saturated heterocycles. The Morgan fingerprint density at radius 1 is 1.23 bits per heavy atom. The van der Waals surface area contributed by atoms with E-state index < -0.39 is 28.8 Å². The van der Waals surface area contributed by atoms with Gasteiger partial charge in [0.2, 0.25) is 11.1 Å². The molecule has 2 aromatic heterocycles. The van der Waals surface area contributed by atoms with Crippen molar-refractivity contribution in [1.29, 1.82) is 0 Å². The Hall–Kier alpha value is -2.82. The molecule has 3 aromatic rings. The summed E-state index contributed by atoms with van der Waals surface area (Å²) in [6.07, 6.45) is -3.43. The minimum atomic E-state index is -4.60. The van der Waals surface area contributed by atoms with Crippen LogP contribution in [0.4, 0.5) is 13.2 Å².